The van der Waals surface area contributed by atoms with Crippen LogP contribution in [-0.2, 0) is 16.9 Å². The summed E-state index contributed by atoms with van der Waals surface area (Å²) in [6.07, 6.45) is 1.59. The monoisotopic (exact) mass is 473 g/mol. The lowest BCUT2D eigenvalue weighted by atomic mass is 9.92. The summed E-state index contributed by atoms with van der Waals surface area (Å²) >= 11 is 12.2. The van der Waals surface area contributed by atoms with Crippen molar-refractivity contribution >= 4 is 40.9 Å². The number of hydrogen-bond donors (Lipinski definition) is 1. The normalized spacial score (nSPS) is 18.3. The van der Waals surface area contributed by atoms with E-state index in [0.717, 1.165) is 22.0 Å². The maximum Gasteiger partial charge on any atom is 0.325 e. The topological polar surface area (TPSA) is 84.5 Å². The first kappa shape index (κ1) is 22.2. The molecule has 166 valence electrons. The Bertz CT molecular complexity index is 1230. The van der Waals surface area contributed by atoms with E-state index in [1.165, 1.54) is 6.07 Å². The van der Waals surface area contributed by atoms with Crippen molar-refractivity contribution in [3.8, 4) is 0 Å². The van der Waals surface area contributed by atoms with Crippen LogP contribution in [0, 0.1) is 13.8 Å². The van der Waals surface area contributed by atoms with Gasteiger partial charge in [-0.05, 0) is 51.1 Å². The van der Waals surface area contributed by atoms with Gasteiger partial charge >= 0.3 is 6.03 Å². The summed E-state index contributed by atoms with van der Waals surface area (Å²) in [4.78, 5) is 39.8. The first-order valence-corrected chi connectivity index (χ1v) is 10.7. The first-order chi connectivity index (χ1) is 15.1. The number of nitrogens with zero attached hydrogens (tertiary/aromatic N) is 2. The summed E-state index contributed by atoms with van der Waals surface area (Å²) in [6.45, 7) is 5.37. The Morgan fingerprint density at radius 2 is 1.91 bits per heavy atom. The highest BCUT2D eigenvalue weighted by Crippen LogP contribution is 2.35. The van der Waals surface area contributed by atoms with E-state index in [0.29, 0.717) is 22.7 Å². The predicted octanol–water partition coefficient (Wildman–Crippen LogP) is 4.70. The van der Waals surface area contributed by atoms with E-state index in [2.05, 4.69) is 5.32 Å². The van der Waals surface area contributed by atoms with Gasteiger partial charge in [0.2, 0.25) is 0 Å². The molecule has 1 N–H and O–H groups in total. The van der Waals surface area contributed by atoms with Crippen LogP contribution in [0.2, 0.25) is 10.0 Å². The van der Waals surface area contributed by atoms with Crippen LogP contribution in [-0.4, -0.2) is 33.7 Å². The molecule has 1 atom stereocenters. The molecule has 7 nitrogen and oxygen atoms in total. The SMILES string of the molecule is Cc1cc(C(=O)CN2C(=O)N[C@](C)(c3ccc(Cl)cc3Cl)C2=O)c(C)n1Cc1ccco1. The highest BCUT2D eigenvalue weighted by Gasteiger charge is 2.50. The molecular weight excluding hydrogens is 453 g/mol. The number of amides is 3. The van der Waals surface area contributed by atoms with Crippen LogP contribution in [0.4, 0.5) is 4.79 Å². The van der Waals surface area contributed by atoms with Gasteiger partial charge in [0.05, 0.1) is 19.4 Å². The molecule has 0 aliphatic carbocycles. The van der Waals surface area contributed by atoms with Crippen molar-refractivity contribution in [3.63, 3.8) is 0 Å². The minimum atomic E-state index is -1.39. The van der Waals surface area contributed by atoms with Gasteiger partial charge in [0.1, 0.15) is 11.3 Å². The van der Waals surface area contributed by atoms with E-state index in [9.17, 15) is 14.4 Å². The Hall–Kier alpha value is -3.03. The minimum absolute atomic E-state index is 0.253. The number of furan rings is 1. The molecule has 0 bridgehead atoms. The molecular formula is C23H21Cl2N3O4. The Kier molecular flexibility index (Phi) is 5.65. The molecule has 1 fully saturated rings. The molecule has 4 rings (SSSR count). The van der Waals surface area contributed by atoms with E-state index in [-0.39, 0.29) is 17.4 Å². The largest absolute Gasteiger partial charge is 0.467 e. The predicted molar refractivity (Wildman–Crippen MR) is 120 cm³/mol. The number of aromatic nitrogens is 1. The number of ketones is 1. The van der Waals surface area contributed by atoms with Gasteiger partial charge in [0, 0.05) is 32.6 Å². The number of carbonyl (C=O) groups excluding carboxylic acids is 3. The van der Waals surface area contributed by atoms with E-state index >= 15 is 0 Å². The van der Waals surface area contributed by atoms with E-state index in [1.54, 1.807) is 37.5 Å². The van der Waals surface area contributed by atoms with E-state index in [4.69, 9.17) is 27.6 Å². The van der Waals surface area contributed by atoms with Gasteiger partial charge in [-0.3, -0.25) is 14.5 Å². The first-order valence-electron chi connectivity index (χ1n) is 9.93. The lowest BCUT2D eigenvalue weighted by Gasteiger charge is -2.23. The van der Waals surface area contributed by atoms with Gasteiger partial charge < -0.3 is 14.3 Å². The molecule has 0 unspecified atom stereocenters. The third-order valence-electron chi connectivity index (χ3n) is 5.81. The van der Waals surface area contributed by atoms with Gasteiger partial charge in [-0.1, -0.05) is 29.3 Å². The smallest absolute Gasteiger partial charge is 0.325 e. The van der Waals surface area contributed by atoms with Gasteiger partial charge in [0.25, 0.3) is 5.91 Å². The van der Waals surface area contributed by atoms with Crippen molar-refractivity contribution in [3.05, 3.63) is 81.0 Å². The fraction of sp³-hybridized carbons (Fsp3) is 0.261. The number of Topliss-reactive ketones (excluding diaryl/α,β-unsaturated/α-hetero) is 1. The molecule has 9 heteroatoms. The van der Waals surface area contributed by atoms with Crippen LogP contribution in [0.1, 0.15) is 40.0 Å². The summed E-state index contributed by atoms with van der Waals surface area (Å²) in [5.41, 5.74) is 1.08. The second-order valence-corrected chi connectivity index (χ2v) is 8.79. The number of carbonyl (C=O) groups is 3. The number of rotatable bonds is 6. The van der Waals surface area contributed by atoms with Crippen molar-refractivity contribution < 1.29 is 18.8 Å². The van der Waals surface area contributed by atoms with E-state index in [1.807, 2.05) is 24.5 Å². The summed E-state index contributed by atoms with van der Waals surface area (Å²) in [6, 6.07) is 9.46. The molecule has 0 saturated carbocycles. The van der Waals surface area contributed by atoms with Crippen LogP contribution in [0.5, 0.6) is 0 Å². The Morgan fingerprint density at radius 3 is 2.56 bits per heavy atom. The Morgan fingerprint density at radius 1 is 1.16 bits per heavy atom. The zero-order valence-corrected chi connectivity index (χ0v) is 19.3. The quantitative estimate of drug-likeness (QED) is 0.415. The molecule has 1 aromatic carbocycles. The van der Waals surface area contributed by atoms with Gasteiger partial charge in [0.15, 0.2) is 5.78 Å². The molecule has 2 aromatic heterocycles. The average molecular weight is 474 g/mol. The third kappa shape index (κ3) is 3.72. The zero-order chi connectivity index (χ0) is 23.2. The van der Waals surface area contributed by atoms with Crippen LogP contribution < -0.4 is 5.32 Å². The van der Waals surface area contributed by atoms with Gasteiger partial charge in [-0.2, -0.15) is 0 Å². The average Bonchev–Trinajstić information content (AvgIpc) is 3.39. The van der Waals surface area contributed by atoms with Gasteiger partial charge in [-0.15, -0.1) is 0 Å². The number of aryl methyl sites for hydroxylation is 1. The van der Waals surface area contributed by atoms with Crippen molar-refractivity contribution in [1.82, 2.24) is 14.8 Å². The fourth-order valence-corrected chi connectivity index (χ4v) is 4.63. The second-order valence-electron chi connectivity index (χ2n) is 7.94. The lowest BCUT2D eigenvalue weighted by molar-refractivity contribution is -0.130. The summed E-state index contributed by atoms with van der Waals surface area (Å²) in [5.74, 6) is -0.126. The summed E-state index contributed by atoms with van der Waals surface area (Å²) < 4.78 is 7.36. The molecule has 1 aliphatic rings. The second kappa shape index (κ2) is 8.15. The number of halogens is 2. The number of urea groups is 1. The van der Waals surface area contributed by atoms with Crippen LogP contribution in [0.25, 0.3) is 0 Å². The van der Waals surface area contributed by atoms with Crippen molar-refractivity contribution in [2.24, 2.45) is 0 Å². The maximum absolute atomic E-state index is 13.2. The van der Waals surface area contributed by atoms with E-state index < -0.39 is 17.5 Å². The molecule has 1 aliphatic heterocycles. The highest BCUT2D eigenvalue weighted by atomic mass is 35.5. The highest BCUT2D eigenvalue weighted by molar-refractivity contribution is 6.35. The van der Waals surface area contributed by atoms with Gasteiger partial charge in [-0.25, -0.2) is 4.79 Å². The maximum atomic E-state index is 13.2. The summed E-state index contributed by atoms with van der Waals surface area (Å²) in [7, 11) is 0. The molecule has 3 amide bonds. The lowest BCUT2D eigenvalue weighted by Crippen LogP contribution is -2.41. The van der Waals surface area contributed by atoms with Crippen LogP contribution >= 0.6 is 23.2 Å². The van der Waals surface area contributed by atoms with Crippen LogP contribution in [0.15, 0.2) is 47.1 Å². The fourth-order valence-electron chi connectivity index (χ4n) is 4.03. The van der Waals surface area contributed by atoms with Crippen molar-refractivity contribution in [1.29, 1.82) is 0 Å². The van der Waals surface area contributed by atoms with Crippen molar-refractivity contribution in [2.45, 2.75) is 32.9 Å². The minimum Gasteiger partial charge on any atom is -0.467 e. The molecule has 0 spiro atoms. The Labute approximate surface area is 194 Å². The number of imide groups is 1. The third-order valence-corrected chi connectivity index (χ3v) is 6.36. The zero-order valence-electron chi connectivity index (χ0n) is 17.7. The number of benzene rings is 1. The molecule has 3 aromatic rings. The standard InChI is InChI=1S/C23H21Cl2N3O4/c1-13-9-17(14(2)27(13)11-16-5-4-8-32-16)20(29)12-28-21(30)23(3,26-22(28)31)18-7-6-15(24)10-19(18)25/h4-10H,11-12H2,1-3H3,(H,26,31)/t23-/m1/s1. The molecule has 0 radical (unpaired) electrons. The van der Waals surface area contributed by atoms with Crippen molar-refractivity contribution in [2.75, 3.05) is 6.54 Å². The summed E-state index contributed by atoms with van der Waals surface area (Å²) in [5, 5.41) is 3.33. The number of nitrogens with one attached hydrogen (secondary N) is 1. The Balaban J connectivity index is 1.57. The molecule has 3 heterocycles. The molecule has 32 heavy (non-hydrogen) atoms. The molecule has 1 saturated heterocycles. The number of hydrogen-bond acceptors (Lipinski definition) is 4. The van der Waals surface area contributed by atoms with Crippen LogP contribution in [0.3, 0.4) is 0 Å².